The van der Waals surface area contributed by atoms with E-state index in [4.69, 9.17) is 4.99 Å². The quantitative estimate of drug-likeness (QED) is 0.355. The zero-order valence-electron chi connectivity index (χ0n) is 15.2. The van der Waals surface area contributed by atoms with Crippen LogP contribution in [-0.2, 0) is 0 Å². The SMILES string of the molecule is CC(C)c1cccc(C(C)C)c1N=Cc1ccc2ccccc2[n+]1[O-]. The molecule has 25 heavy (non-hydrogen) atoms. The second-order valence-electron chi connectivity index (χ2n) is 6.96. The van der Waals surface area contributed by atoms with Crippen molar-refractivity contribution in [1.29, 1.82) is 0 Å². The summed E-state index contributed by atoms with van der Waals surface area (Å²) in [7, 11) is 0. The standard InChI is InChI=1S/C22H24N2O/c1-15(2)19-9-7-10-20(16(3)4)22(19)23-14-18-13-12-17-8-5-6-11-21(17)24(18)25/h5-16H,1-4H3. The van der Waals surface area contributed by atoms with Gasteiger partial charge < -0.3 is 5.21 Å². The first-order chi connectivity index (χ1) is 12.0. The van der Waals surface area contributed by atoms with E-state index in [9.17, 15) is 5.21 Å². The third-order valence-corrected chi connectivity index (χ3v) is 4.49. The predicted molar refractivity (Wildman–Crippen MR) is 105 cm³/mol. The lowest BCUT2D eigenvalue weighted by atomic mass is 9.93. The monoisotopic (exact) mass is 332 g/mol. The first-order valence-corrected chi connectivity index (χ1v) is 8.77. The predicted octanol–water partition coefficient (Wildman–Crippen LogP) is 5.47. The summed E-state index contributed by atoms with van der Waals surface area (Å²) in [6, 6.07) is 17.7. The van der Waals surface area contributed by atoms with Gasteiger partial charge in [-0.3, -0.25) is 0 Å². The average Bonchev–Trinajstić information content (AvgIpc) is 2.61. The molecule has 0 aliphatic carbocycles. The zero-order chi connectivity index (χ0) is 18.0. The minimum atomic E-state index is 0.377. The molecule has 1 aromatic heterocycles. The van der Waals surface area contributed by atoms with Gasteiger partial charge in [-0.15, -0.1) is 0 Å². The number of benzene rings is 2. The molecule has 0 aliphatic rings. The largest absolute Gasteiger partial charge is 0.618 e. The van der Waals surface area contributed by atoms with Crippen molar-refractivity contribution in [2.75, 3.05) is 0 Å². The van der Waals surface area contributed by atoms with Gasteiger partial charge in [0.05, 0.1) is 5.69 Å². The Balaban J connectivity index is 2.10. The molecule has 0 unspecified atom stereocenters. The molecule has 3 rings (SSSR count). The Morgan fingerprint density at radius 1 is 0.840 bits per heavy atom. The molecule has 0 bridgehead atoms. The molecule has 3 nitrogen and oxygen atoms in total. The Bertz CT molecular complexity index is 900. The van der Waals surface area contributed by atoms with Gasteiger partial charge in [0.1, 0.15) is 6.21 Å². The fraction of sp³-hybridized carbons (Fsp3) is 0.273. The molecule has 1 heterocycles. The normalized spacial score (nSPS) is 11.9. The van der Waals surface area contributed by atoms with Gasteiger partial charge in [-0.2, -0.15) is 4.73 Å². The van der Waals surface area contributed by atoms with E-state index in [0.717, 1.165) is 15.8 Å². The smallest absolute Gasteiger partial charge is 0.235 e. The van der Waals surface area contributed by atoms with E-state index in [1.807, 2.05) is 36.4 Å². The van der Waals surface area contributed by atoms with Crippen molar-refractivity contribution in [3.05, 3.63) is 76.6 Å². The topological polar surface area (TPSA) is 39.3 Å². The van der Waals surface area contributed by atoms with Crippen molar-refractivity contribution < 1.29 is 4.73 Å². The first-order valence-electron chi connectivity index (χ1n) is 8.77. The molecule has 2 aromatic carbocycles. The third-order valence-electron chi connectivity index (χ3n) is 4.49. The van der Waals surface area contributed by atoms with Crippen molar-refractivity contribution in [2.24, 2.45) is 4.99 Å². The molecular weight excluding hydrogens is 308 g/mol. The Kier molecular flexibility index (Phi) is 4.84. The molecule has 0 radical (unpaired) electrons. The van der Waals surface area contributed by atoms with E-state index in [0.29, 0.717) is 23.0 Å². The van der Waals surface area contributed by atoms with Crippen LogP contribution in [0.1, 0.15) is 56.4 Å². The minimum absolute atomic E-state index is 0.377. The van der Waals surface area contributed by atoms with Gasteiger partial charge in [0, 0.05) is 17.5 Å². The maximum Gasteiger partial charge on any atom is 0.235 e. The molecule has 0 spiro atoms. The van der Waals surface area contributed by atoms with Crippen LogP contribution >= 0.6 is 0 Å². The van der Waals surface area contributed by atoms with Gasteiger partial charge in [-0.25, -0.2) is 4.99 Å². The summed E-state index contributed by atoms with van der Waals surface area (Å²) in [5.74, 6) is 0.753. The summed E-state index contributed by atoms with van der Waals surface area (Å²) < 4.78 is 0.950. The number of hydrogen-bond donors (Lipinski definition) is 0. The average molecular weight is 332 g/mol. The Morgan fingerprint density at radius 2 is 1.48 bits per heavy atom. The van der Waals surface area contributed by atoms with Crippen molar-refractivity contribution in [2.45, 2.75) is 39.5 Å². The molecule has 0 atom stereocenters. The highest BCUT2D eigenvalue weighted by molar-refractivity contribution is 5.83. The third kappa shape index (κ3) is 3.41. The van der Waals surface area contributed by atoms with Crippen LogP contribution in [0.3, 0.4) is 0 Å². The number of aliphatic imine (C=N–C) groups is 1. The van der Waals surface area contributed by atoms with Crippen molar-refractivity contribution in [1.82, 2.24) is 0 Å². The number of rotatable bonds is 4. The highest BCUT2D eigenvalue weighted by Gasteiger charge is 2.14. The van der Waals surface area contributed by atoms with Crippen molar-refractivity contribution in [3.8, 4) is 0 Å². The molecule has 0 N–H and O–H groups in total. The molecule has 0 saturated heterocycles. The Hall–Kier alpha value is -2.68. The zero-order valence-corrected chi connectivity index (χ0v) is 15.2. The van der Waals surface area contributed by atoms with Gasteiger partial charge in [-0.05, 0) is 35.1 Å². The van der Waals surface area contributed by atoms with Gasteiger partial charge in [0.25, 0.3) is 0 Å². The number of fused-ring (bicyclic) bond motifs is 1. The Labute approximate surface area is 149 Å². The fourth-order valence-electron chi connectivity index (χ4n) is 3.08. The molecule has 0 fully saturated rings. The van der Waals surface area contributed by atoms with E-state index in [2.05, 4.69) is 45.9 Å². The van der Waals surface area contributed by atoms with Crippen LogP contribution in [0.4, 0.5) is 5.69 Å². The lowest BCUT2D eigenvalue weighted by Gasteiger charge is -2.16. The van der Waals surface area contributed by atoms with E-state index < -0.39 is 0 Å². The lowest BCUT2D eigenvalue weighted by Crippen LogP contribution is -2.32. The molecule has 3 aromatic rings. The first kappa shape index (κ1) is 17.2. The molecule has 3 heteroatoms. The second-order valence-corrected chi connectivity index (χ2v) is 6.96. The summed E-state index contributed by atoms with van der Waals surface area (Å²) >= 11 is 0. The summed E-state index contributed by atoms with van der Waals surface area (Å²) in [5.41, 5.74) is 4.61. The summed E-state index contributed by atoms with van der Waals surface area (Å²) in [6.07, 6.45) is 1.69. The van der Waals surface area contributed by atoms with Gasteiger partial charge >= 0.3 is 0 Å². The van der Waals surface area contributed by atoms with Crippen LogP contribution in [0.5, 0.6) is 0 Å². The van der Waals surface area contributed by atoms with Crippen LogP contribution in [-0.4, -0.2) is 6.21 Å². The number of para-hydroxylation sites is 2. The van der Waals surface area contributed by atoms with Crippen molar-refractivity contribution in [3.63, 3.8) is 0 Å². The van der Waals surface area contributed by atoms with Crippen LogP contribution < -0.4 is 4.73 Å². The second kappa shape index (κ2) is 7.06. The highest BCUT2D eigenvalue weighted by Crippen LogP contribution is 2.34. The Morgan fingerprint density at radius 3 is 2.12 bits per heavy atom. The molecule has 128 valence electrons. The van der Waals surface area contributed by atoms with Crippen LogP contribution in [0.25, 0.3) is 10.9 Å². The maximum atomic E-state index is 12.6. The number of pyridine rings is 1. The van der Waals surface area contributed by atoms with Gasteiger partial charge in [-0.1, -0.05) is 58.0 Å². The minimum Gasteiger partial charge on any atom is -0.618 e. The van der Waals surface area contributed by atoms with Crippen LogP contribution in [0.15, 0.2) is 59.6 Å². The van der Waals surface area contributed by atoms with Crippen molar-refractivity contribution >= 4 is 22.8 Å². The van der Waals surface area contributed by atoms with E-state index in [-0.39, 0.29) is 0 Å². The van der Waals surface area contributed by atoms with Crippen LogP contribution in [0.2, 0.25) is 0 Å². The van der Waals surface area contributed by atoms with E-state index in [1.54, 1.807) is 6.21 Å². The maximum absolute atomic E-state index is 12.6. The van der Waals surface area contributed by atoms with E-state index in [1.165, 1.54) is 11.1 Å². The molecule has 0 amide bonds. The molecule has 0 aliphatic heterocycles. The number of aromatic nitrogens is 1. The van der Waals surface area contributed by atoms with Gasteiger partial charge in [0.2, 0.25) is 11.2 Å². The number of nitrogens with zero attached hydrogens (tertiary/aromatic N) is 2. The van der Waals surface area contributed by atoms with E-state index >= 15 is 0 Å². The number of hydrogen-bond acceptors (Lipinski definition) is 2. The molecular formula is C22H24N2O. The fourth-order valence-corrected chi connectivity index (χ4v) is 3.08. The highest BCUT2D eigenvalue weighted by atomic mass is 16.5. The summed E-state index contributed by atoms with van der Waals surface area (Å²) in [5, 5.41) is 13.5. The molecule has 0 saturated carbocycles. The summed E-state index contributed by atoms with van der Waals surface area (Å²) in [4.78, 5) is 4.74. The summed E-state index contributed by atoms with van der Waals surface area (Å²) in [6.45, 7) is 8.68. The van der Waals surface area contributed by atoms with Crippen LogP contribution in [0, 0.1) is 5.21 Å². The lowest BCUT2D eigenvalue weighted by molar-refractivity contribution is -0.578. The van der Waals surface area contributed by atoms with Gasteiger partial charge in [0.15, 0.2) is 0 Å².